The Kier molecular flexibility index (Phi) is 15.0. The lowest BCUT2D eigenvalue weighted by Crippen LogP contribution is -1.83. The van der Waals surface area contributed by atoms with E-state index < -0.39 is 0 Å². The summed E-state index contributed by atoms with van der Waals surface area (Å²) in [4.78, 5) is 0. The lowest BCUT2D eigenvalue weighted by Gasteiger charge is -2.03. The first-order chi connectivity index (χ1) is 15.4. The van der Waals surface area contributed by atoms with Gasteiger partial charge in [0.2, 0.25) is 0 Å². The number of hydrogen-bond acceptors (Lipinski definition) is 1. The molecule has 0 unspecified atom stereocenters. The van der Waals surface area contributed by atoms with Gasteiger partial charge in [-0.05, 0) is 17.4 Å². The highest BCUT2D eigenvalue weighted by Gasteiger charge is 2.03. The van der Waals surface area contributed by atoms with Crippen molar-refractivity contribution in [3.8, 4) is 23.0 Å². The maximum Gasteiger partial charge on any atom is 0.0430 e. The zero-order valence-corrected chi connectivity index (χ0v) is 20.8. The number of thiophene rings is 1. The van der Waals surface area contributed by atoms with Crippen molar-refractivity contribution < 1.29 is 0 Å². The molecule has 0 nitrogen and oxygen atoms in total. The molecule has 170 valence electrons. The van der Waals surface area contributed by atoms with Crippen molar-refractivity contribution in [1.29, 1.82) is 0 Å². The van der Waals surface area contributed by atoms with E-state index in [1.165, 1.54) is 119 Å². The van der Waals surface area contributed by atoms with Gasteiger partial charge in [-0.2, -0.15) is 11.3 Å². The van der Waals surface area contributed by atoms with Crippen LogP contribution in [0.2, 0.25) is 0 Å². The van der Waals surface area contributed by atoms with Crippen molar-refractivity contribution in [2.24, 2.45) is 0 Å². The summed E-state index contributed by atoms with van der Waals surface area (Å²) >= 11 is 1.75. The molecule has 1 heteroatoms. The molecule has 0 saturated carbocycles. The smallest absolute Gasteiger partial charge is 0.0430 e. The standard InChI is InChI=1S/C30H44S/c1-2-3-4-5-6-7-8-9-10-11-12-13-14-15-16-17-18-20-25-29-26-31-27-30(29)28-23-21-19-22-24-28/h19,21-24,26-27H,2-18H2,1H3. The highest BCUT2D eigenvalue weighted by molar-refractivity contribution is 7.08. The minimum absolute atomic E-state index is 1.03. The summed E-state index contributed by atoms with van der Waals surface area (Å²) in [6.07, 6.45) is 23.7. The largest absolute Gasteiger partial charge is 0.150 e. The molecule has 1 aromatic heterocycles. The van der Waals surface area contributed by atoms with Gasteiger partial charge in [0.15, 0.2) is 0 Å². The second-order valence-electron chi connectivity index (χ2n) is 8.92. The molecule has 31 heavy (non-hydrogen) atoms. The van der Waals surface area contributed by atoms with Gasteiger partial charge in [0.1, 0.15) is 0 Å². The molecule has 0 bridgehead atoms. The number of hydrogen-bond donors (Lipinski definition) is 0. The molecule has 0 saturated heterocycles. The van der Waals surface area contributed by atoms with Gasteiger partial charge in [0.05, 0.1) is 0 Å². The fraction of sp³-hybridized carbons (Fsp3) is 0.600. The molecule has 2 aromatic rings. The van der Waals surface area contributed by atoms with Crippen LogP contribution in [0, 0.1) is 11.8 Å². The quantitative estimate of drug-likeness (QED) is 0.171. The van der Waals surface area contributed by atoms with Crippen molar-refractivity contribution in [2.75, 3.05) is 0 Å². The fourth-order valence-corrected chi connectivity index (χ4v) is 4.94. The Bertz CT molecular complexity index is 716. The van der Waals surface area contributed by atoms with Crippen LogP contribution in [0.4, 0.5) is 0 Å². The van der Waals surface area contributed by atoms with Crippen LogP contribution in [0.15, 0.2) is 41.1 Å². The van der Waals surface area contributed by atoms with E-state index in [4.69, 9.17) is 0 Å². The first-order valence-electron chi connectivity index (χ1n) is 13.0. The topological polar surface area (TPSA) is 0 Å². The predicted molar refractivity (Wildman–Crippen MR) is 141 cm³/mol. The third-order valence-corrected chi connectivity index (χ3v) is 6.87. The maximum atomic E-state index is 3.40. The molecule has 0 spiro atoms. The summed E-state index contributed by atoms with van der Waals surface area (Å²) < 4.78 is 0. The maximum absolute atomic E-state index is 3.40. The van der Waals surface area contributed by atoms with E-state index in [2.05, 4.69) is 59.9 Å². The Balaban J connectivity index is 1.39. The number of unbranched alkanes of at least 4 members (excludes halogenated alkanes) is 16. The van der Waals surface area contributed by atoms with Crippen LogP contribution < -0.4 is 0 Å². The summed E-state index contributed by atoms with van der Waals surface area (Å²) in [5, 5.41) is 4.40. The molecule has 1 aromatic carbocycles. The molecular weight excluding hydrogens is 392 g/mol. The molecule has 0 radical (unpaired) electrons. The summed E-state index contributed by atoms with van der Waals surface area (Å²) in [7, 11) is 0. The van der Waals surface area contributed by atoms with E-state index in [1.807, 2.05) is 0 Å². The molecule has 0 fully saturated rings. The van der Waals surface area contributed by atoms with Crippen LogP contribution in [-0.2, 0) is 0 Å². The van der Waals surface area contributed by atoms with E-state index in [1.54, 1.807) is 11.3 Å². The molecular formula is C30H44S. The minimum atomic E-state index is 1.03. The Morgan fingerprint density at radius 2 is 1.13 bits per heavy atom. The molecule has 0 aliphatic heterocycles. The van der Waals surface area contributed by atoms with E-state index >= 15 is 0 Å². The third kappa shape index (κ3) is 12.2. The Labute approximate surface area is 196 Å². The molecule has 0 N–H and O–H groups in total. The molecule has 0 aliphatic carbocycles. The van der Waals surface area contributed by atoms with Crippen molar-refractivity contribution in [1.82, 2.24) is 0 Å². The SMILES string of the molecule is CCCCCCCCCCCCCCCCCCC#Cc1cscc1-c1ccccc1. The number of rotatable bonds is 17. The molecule has 2 rings (SSSR count). The lowest BCUT2D eigenvalue weighted by molar-refractivity contribution is 0.530. The van der Waals surface area contributed by atoms with Gasteiger partial charge < -0.3 is 0 Å². The average Bonchev–Trinajstić information content (AvgIpc) is 3.27. The monoisotopic (exact) mass is 436 g/mol. The van der Waals surface area contributed by atoms with Gasteiger partial charge in [0.25, 0.3) is 0 Å². The van der Waals surface area contributed by atoms with Gasteiger partial charge in [-0.25, -0.2) is 0 Å². The molecule has 0 amide bonds. The van der Waals surface area contributed by atoms with Crippen LogP contribution in [0.25, 0.3) is 11.1 Å². The number of benzene rings is 1. The van der Waals surface area contributed by atoms with Gasteiger partial charge >= 0.3 is 0 Å². The first kappa shape index (κ1) is 25.7. The van der Waals surface area contributed by atoms with Gasteiger partial charge in [-0.15, -0.1) is 0 Å². The summed E-state index contributed by atoms with van der Waals surface area (Å²) in [5.74, 6) is 6.81. The average molecular weight is 437 g/mol. The van der Waals surface area contributed by atoms with E-state index in [0.717, 1.165) is 6.42 Å². The zero-order chi connectivity index (χ0) is 21.8. The van der Waals surface area contributed by atoms with Crippen LogP contribution in [0.3, 0.4) is 0 Å². The first-order valence-corrected chi connectivity index (χ1v) is 14.0. The van der Waals surface area contributed by atoms with Gasteiger partial charge in [0, 0.05) is 22.9 Å². The zero-order valence-electron chi connectivity index (χ0n) is 20.0. The van der Waals surface area contributed by atoms with Crippen LogP contribution in [-0.4, -0.2) is 0 Å². The summed E-state index contributed by atoms with van der Waals surface area (Å²) in [6, 6.07) is 10.6. The van der Waals surface area contributed by atoms with E-state index in [9.17, 15) is 0 Å². The highest BCUT2D eigenvalue weighted by atomic mass is 32.1. The van der Waals surface area contributed by atoms with Crippen molar-refractivity contribution >= 4 is 11.3 Å². The van der Waals surface area contributed by atoms with Crippen molar-refractivity contribution in [3.63, 3.8) is 0 Å². The van der Waals surface area contributed by atoms with E-state index in [0.29, 0.717) is 0 Å². The fourth-order valence-electron chi connectivity index (χ4n) is 4.15. The van der Waals surface area contributed by atoms with Crippen LogP contribution >= 0.6 is 11.3 Å². The van der Waals surface area contributed by atoms with Crippen LogP contribution in [0.1, 0.15) is 122 Å². The van der Waals surface area contributed by atoms with Gasteiger partial charge in [-0.3, -0.25) is 0 Å². The highest BCUT2D eigenvalue weighted by Crippen LogP contribution is 2.26. The van der Waals surface area contributed by atoms with Crippen molar-refractivity contribution in [2.45, 2.75) is 116 Å². The second kappa shape index (κ2) is 18.1. The normalized spacial score (nSPS) is 10.7. The van der Waals surface area contributed by atoms with Crippen LogP contribution in [0.5, 0.6) is 0 Å². The molecule has 1 heterocycles. The van der Waals surface area contributed by atoms with E-state index in [-0.39, 0.29) is 0 Å². The van der Waals surface area contributed by atoms with Gasteiger partial charge in [-0.1, -0.05) is 145 Å². The third-order valence-electron chi connectivity index (χ3n) is 6.13. The molecule has 0 atom stereocenters. The Hall–Kier alpha value is -1.52. The minimum Gasteiger partial charge on any atom is -0.150 e. The summed E-state index contributed by atoms with van der Waals surface area (Å²) in [5.41, 5.74) is 3.74. The molecule has 0 aliphatic rings. The Morgan fingerprint density at radius 3 is 1.68 bits per heavy atom. The lowest BCUT2D eigenvalue weighted by atomic mass is 10.0. The second-order valence-corrected chi connectivity index (χ2v) is 9.66. The predicted octanol–water partition coefficient (Wildman–Crippen LogP) is 10.4. The van der Waals surface area contributed by atoms with Crippen molar-refractivity contribution in [3.05, 3.63) is 46.7 Å². The Morgan fingerprint density at radius 1 is 0.613 bits per heavy atom. The summed E-state index contributed by atoms with van der Waals surface area (Å²) in [6.45, 7) is 2.30.